The van der Waals surface area contributed by atoms with Crippen LogP contribution in [-0.2, 0) is 38.6 Å². The zero-order valence-corrected chi connectivity index (χ0v) is 26.7. The molecule has 3 aromatic carbocycles. The van der Waals surface area contributed by atoms with Gasteiger partial charge in [-0.25, -0.2) is 9.59 Å². The van der Waals surface area contributed by atoms with Crippen molar-refractivity contribution in [3.8, 4) is 16.9 Å². The fourth-order valence-corrected chi connectivity index (χ4v) is 4.53. The Morgan fingerprint density at radius 1 is 0.822 bits per heavy atom. The predicted octanol–water partition coefficient (Wildman–Crippen LogP) is 7.77. The van der Waals surface area contributed by atoms with Crippen LogP contribution >= 0.6 is 0 Å². The second-order valence-corrected chi connectivity index (χ2v) is 12.5. The van der Waals surface area contributed by atoms with E-state index in [1.807, 2.05) is 63.2 Å². The Labute approximate surface area is 263 Å². The number of methoxy groups -OCH3 is 1. The lowest BCUT2D eigenvalue weighted by Gasteiger charge is -2.20. The summed E-state index contributed by atoms with van der Waals surface area (Å²) in [5.41, 5.74) is 4.02. The molecule has 0 radical (unpaired) electrons. The van der Waals surface area contributed by atoms with E-state index >= 15 is 0 Å². The number of ether oxygens (including phenoxy) is 4. The number of hydrogen-bond acceptors (Lipinski definition) is 8. The number of alkyl carbamates (subject to hydrolysis) is 1. The van der Waals surface area contributed by atoms with Crippen LogP contribution < -0.4 is 15.4 Å². The maximum absolute atomic E-state index is 12.3. The number of esters is 1. The molecule has 0 saturated carbocycles. The number of carbonyl (C=O) groups is 3. The molecule has 1 heterocycles. The lowest BCUT2D eigenvalue weighted by Crippen LogP contribution is -2.32. The van der Waals surface area contributed by atoms with E-state index in [9.17, 15) is 14.4 Å². The van der Waals surface area contributed by atoms with Crippen LogP contribution in [-0.4, -0.2) is 36.5 Å². The molecule has 0 atom stereocenters. The van der Waals surface area contributed by atoms with Gasteiger partial charge in [-0.2, -0.15) is 0 Å². The van der Waals surface area contributed by atoms with Gasteiger partial charge in [0.05, 0.1) is 19.8 Å². The second kappa shape index (κ2) is 13.8. The van der Waals surface area contributed by atoms with Gasteiger partial charge >= 0.3 is 18.2 Å². The summed E-state index contributed by atoms with van der Waals surface area (Å²) in [6, 6.07) is 18.7. The van der Waals surface area contributed by atoms with Gasteiger partial charge in [-0.05, 0) is 101 Å². The van der Waals surface area contributed by atoms with Gasteiger partial charge in [0.25, 0.3) is 0 Å². The molecule has 0 aliphatic carbocycles. The Morgan fingerprint density at radius 2 is 1.56 bits per heavy atom. The normalized spacial score (nSPS) is 11.5. The summed E-state index contributed by atoms with van der Waals surface area (Å²) in [6.07, 6.45) is 0.496. The van der Waals surface area contributed by atoms with Crippen LogP contribution in [0.25, 0.3) is 22.1 Å². The lowest BCUT2D eigenvalue weighted by atomic mass is 9.99. The van der Waals surface area contributed by atoms with Gasteiger partial charge in [0, 0.05) is 28.7 Å². The molecule has 0 bridgehead atoms. The third-order valence-corrected chi connectivity index (χ3v) is 6.35. The summed E-state index contributed by atoms with van der Waals surface area (Å²) >= 11 is 0. The van der Waals surface area contributed by atoms with E-state index in [0.717, 1.165) is 33.2 Å². The molecule has 10 nitrogen and oxygen atoms in total. The smallest absolute Gasteiger partial charge is 0.412 e. The standard InChI is InChI=1S/C35H40N2O8/c1-34(2,3)44-32(39)36-20-22-9-8-10-24(15-22)28-17-23(16-25-13-14-42-31(25)28)21-43-29-12-11-27(18-26(29)19-30(38)41-7)37-33(40)45-35(4,5)6/h8-18H,19-21H2,1-7H3,(H,36,39)(H,37,40). The summed E-state index contributed by atoms with van der Waals surface area (Å²) in [5.74, 6) is 0.0246. The van der Waals surface area contributed by atoms with Crippen LogP contribution in [0.1, 0.15) is 58.2 Å². The average Bonchev–Trinajstić information content (AvgIpc) is 3.42. The third kappa shape index (κ3) is 9.76. The lowest BCUT2D eigenvalue weighted by molar-refractivity contribution is -0.139. The molecule has 0 unspecified atom stereocenters. The van der Waals surface area contributed by atoms with E-state index < -0.39 is 29.4 Å². The largest absolute Gasteiger partial charge is 0.489 e. The number of amides is 2. The monoisotopic (exact) mass is 616 g/mol. The molecule has 2 amide bonds. The van der Waals surface area contributed by atoms with Crippen molar-refractivity contribution in [1.29, 1.82) is 0 Å². The highest BCUT2D eigenvalue weighted by Crippen LogP contribution is 2.33. The van der Waals surface area contributed by atoms with E-state index in [-0.39, 0.29) is 13.0 Å². The summed E-state index contributed by atoms with van der Waals surface area (Å²) in [7, 11) is 1.32. The Balaban J connectivity index is 1.55. The second-order valence-electron chi connectivity index (χ2n) is 12.5. The number of nitrogens with one attached hydrogen (secondary N) is 2. The number of carbonyl (C=O) groups excluding carboxylic acids is 3. The summed E-state index contributed by atoms with van der Waals surface area (Å²) < 4.78 is 27.6. The zero-order valence-electron chi connectivity index (χ0n) is 26.7. The van der Waals surface area contributed by atoms with Crippen molar-refractivity contribution in [3.63, 3.8) is 0 Å². The topological polar surface area (TPSA) is 125 Å². The molecule has 4 aromatic rings. The quantitative estimate of drug-likeness (QED) is 0.144. The Morgan fingerprint density at radius 3 is 2.27 bits per heavy atom. The van der Waals surface area contributed by atoms with Crippen molar-refractivity contribution >= 4 is 34.8 Å². The van der Waals surface area contributed by atoms with Crippen molar-refractivity contribution in [1.82, 2.24) is 5.32 Å². The minimum absolute atomic E-state index is 0.0498. The molecule has 0 fully saturated rings. The van der Waals surface area contributed by atoms with Crippen LogP contribution in [0.4, 0.5) is 15.3 Å². The molecular formula is C35H40N2O8. The van der Waals surface area contributed by atoms with Crippen molar-refractivity contribution in [2.45, 2.75) is 72.3 Å². The molecule has 238 valence electrons. The van der Waals surface area contributed by atoms with Gasteiger partial charge < -0.3 is 28.7 Å². The number of anilines is 1. The van der Waals surface area contributed by atoms with Gasteiger partial charge in [-0.1, -0.05) is 18.2 Å². The Kier molecular flexibility index (Phi) is 10.1. The van der Waals surface area contributed by atoms with Crippen LogP contribution in [0.2, 0.25) is 0 Å². The van der Waals surface area contributed by atoms with E-state index in [4.69, 9.17) is 23.4 Å². The molecular weight excluding hydrogens is 576 g/mol. The fraction of sp³-hybridized carbons (Fsp3) is 0.343. The van der Waals surface area contributed by atoms with Crippen LogP contribution in [0.15, 0.2) is 71.3 Å². The number of hydrogen-bond donors (Lipinski definition) is 2. The molecule has 0 aliphatic rings. The van der Waals surface area contributed by atoms with Crippen LogP contribution in [0, 0.1) is 0 Å². The first-order valence-corrected chi connectivity index (χ1v) is 14.6. The molecule has 10 heteroatoms. The van der Waals surface area contributed by atoms with E-state index in [1.54, 1.807) is 45.2 Å². The first kappa shape index (κ1) is 32.9. The number of rotatable bonds is 9. The highest BCUT2D eigenvalue weighted by molar-refractivity contribution is 5.93. The summed E-state index contributed by atoms with van der Waals surface area (Å²) in [4.78, 5) is 36.6. The first-order valence-electron chi connectivity index (χ1n) is 14.6. The highest BCUT2D eigenvalue weighted by atomic mass is 16.6. The van der Waals surface area contributed by atoms with Gasteiger partial charge in [0.2, 0.25) is 0 Å². The zero-order chi connectivity index (χ0) is 32.8. The summed E-state index contributed by atoms with van der Waals surface area (Å²) in [5, 5.41) is 6.39. The van der Waals surface area contributed by atoms with Crippen molar-refractivity contribution in [2.75, 3.05) is 12.4 Å². The Bertz CT molecular complexity index is 1680. The summed E-state index contributed by atoms with van der Waals surface area (Å²) in [6.45, 7) is 11.3. The van der Waals surface area contributed by atoms with Crippen LogP contribution in [0.5, 0.6) is 5.75 Å². The average molecular weight is 617 g/mol. The van der Waals surface area contributed by atoms with E-state index in [1.165, 1.54) is 7.11 Å². The molecule has 0 aliphatic heterocycles. The highest BCUT2D eigenvalue weighted by Gasteiger charge is 2.19. The predicted molar refractivity (Wildman–Crippen MR) is 171 cm³/mol. The minimum Gasteiger partial charge on any atom is -0.489 e. The van der Waals surface area contributed by atoms with Gasteiger partial charge in [-0.15, -0.1) is 0 Å². The van der Waals surface area contributed by atoms with Gasteiger partial charge in [0.1, 0.15) is 29.1 Å². The van der Waals surface area contributed by atoms with Gasteiger partial charge in [-0.3, -0.25) is 10.1 Å². The molecule has 4 rings (SSSR count). The van der Waals surface area contributed by atoms with E-state index in [0.29, 0.717) is 23.5 Å². The first-order chi connectivity index (χ1) is 21.2. The molecule has 45 heavy (non-hydrogen) atoms. The molecule has 2 N–H and O–H groups in total. The van der Waals surface area contributed by atoms with Crippen molar-refractivity contribution in [2.24, 2.45) is 0 Å². The number of furan rings is 1. The van der Waals surface area contributed by atoms with E-state index in [2.05, 4.69) is 10.6 Å². The number of benzene rings is 3. The number of fused-ring (bicyclic) bond motifs is 1. The molecule has 0 saturated heterocycles. The van der Waals surface area contributed by atoms with Crippen molar-refractivity contribution in [3.05, 3.63) is 83.6 Å². The maximum Gasteiger partial charge on any atom is 0.412 e. The maximum atomic E-state index is 12.3. The molecule has 1 aromatic heterocycles. The Hall–Kier alpha value is -4.99. The van der Waals surface area contributed by atoms with Crippen LogP contribution in [0.3, 0.4) is 0 Å². The fourth-order valence-electron chi connectivity index (χ4n) is 4.53. The molecule has 0 spiro atoms. The van der Waals surface area contributed by atoms with Gasteiger partial charge in [0.15, 0.2) is 0 Å². The minimum atomic E-state index is -0.658. The third-order valence-electron chi connectivity index (χ3n) is 6.35. The van der Waals surface area contributed by atoms with Crippen molar-refractivity contribution < 1.29 is 37.7 Å². The SMILES string of the molecule is COC(=O)Cc1cc(NC(=O)OC(C)(C)C)ccc1OCc1cc(-c2cccc(CNC(=O)OC(C)(C)C)c2)c2occc2c1.